The van der Waals surface area contributed by atoms with Crippen molar-refractivity contribution >= 4 is 28.6 Å². The van der Waals surface area contributed by atoms with Crippen LogP contribution >= 0.6 is 0 Å². The van der Waals surface area contributed by atoms with Crippen LogP contribution < -0.4 is 10.2 Å². The number of likely N-dealkylation sites (N-methyl/N-ethyl adjacent to an activating group) is 1. The molecule has 1 aliphatic heterocycles. The van der Waals surface area contributed by atoms with E-state index in [-0.39, 0.29) is 11.7 Å². The van der Waals surface area contributed by atoms with Crippen molar-refractivity contribution in [1.29, 1.82) is 0 Å². The molecule has 198 valence electrons. The number of rotatable bonds is 5. The number of hydrogen-bond donors (Lipinski definition) is 1. The number of carbonyl (C=O) groups is 2. The number of Topliss-reactive ketones (excluding diaryl/α,β-unsaturated/α-hetero) is 1. The zero-order valence-corrected chi connectivity index (χ0v) is 22.9. The van der Waals surface area contributed by atoms with E-state index in [0.717, 1.165) is 44.8 Å². The lowest BCUT2D eigenvalue weighted by Gasteiger charge is -2.37. The van der Waals surface area contributed by atoms with E-state index >= 15 is 0 Å². The lowest BCUT2D eigenvalue weighted by Crippen LogP contribution is -2.41. The number of aryl methyl sites for hydroxylation is 1. The fourth-order valence-electron chi connectivity index (χ4n) is 6.37. The van der Waals surface area contributed by atoms with Crippen LogP contribution in [0, 0.1) is 6.92 Å². The van der Waals surface area contributed by atoms with Gasteiger partial charge in [-0.3, -0.25) is 9.59 Å². The van der Waals surface area contributed by atoms with Gasteiger partial charge in [-0.25, -0.2) is 0 Å². The molecule has 0 fully saturated rings. The van der Waals surface area contributed by atoms with Gasteiger partial charge in [0.15, 0.2) is 5.78 Å². The van der Waals surface area contributed by atoms with Gasteiger partial charge in [0, 0.05) is 29.4 Å². The summed E-state index contributed by atoms with van der Waals surface area (Å²) < 4.78 is 0. The van der Waals surface area contributed by atoms with Crippen LogP contribution in [-0.2, 0) is 10.3 Å². The highest BCUT2D eigenvalue weighted by molar-refractivity contribution is 6.38. The van der Waals surface area contributed by atoms with Crippen LogP contribution in [0.5, 0.6) is 0 Å². The summed E-state index contributed by atoms with van der Waals surface area (Å²) >= 11 is 0. The molecule has 7 rings (SSSR count). The number of nitrogens with one attached hydrogen (secondary N) is 1. The topological polar surface area (TPSA) is 49.4 Å². The molecule has 1 N–H and O–H groups in total. The van der Waals surface area contributed by atoms with Crippen molar-refractivity contribution in [3.63, 3.8) is 0 Å². The maximum atomic E-state index is 15.0. The second-order valence-electron chi connectivity index (χ2n) is 10.7. The first kappa shape index (κ1) is 24.8. The predicted octanol–water partition coefficient (Wildman–Crippen LogP) is 7.64. The first-order valence-corrected chi connectivity index (χ1v) is 13.8. The highest BCUT2D eigenvalue weighted by Crippen LogP contribution is 2.56. The number of amides is 1. The van der Waals surface area contributed by atoms with Gasteiger partial charge in [-0.15, -0.1) is 0 Å². The van der Waals surface area contributed by atoms with Crippen molar-refractivity contribution in [2.24, 2.45) is 0 Å². The highest BCUT2D eigenvalue weighted by atomic mass is 16.2. The summed E-state index contributed by atoms with van der Waals surface area (Å²) in [6, 6.07) is 41.6. The van der Waals surface area contributed by atoms with Crippen molar-refractivity contribution in [2.75, 3.05) is 17.3 Å². The molecule has 0 unspecified atom stereocenters. The van der Waals surface area contributed by atoms with Crippen molar-refractivity contribution in [2.45, 2.75) is 12.5 Å². The molecule has 41 heavy (non-hydrogen) atoms. The molecular formula is C37H28N2O2. The molecule has 2 aliphatic rings. The second kappa shape index (κ2) is 9.46. The molecule has 0 saturated carbocycles. The molecule has 0 radical (unpaired) electrons. The van der Waals surface area contributed by atoms with Crippen LogP contribution in [0.25, 0.3) is 16.7 Å². The number of anilines is 2. The largest absolute Gasteiger partial charge is 0.368 e. The summed E-state index contributed by atoms with van der Waals surface area (Å²) in [5.41, 5.74) is 7.71. The Morgan fingerprint density at radius 3 is 1.83 bits per heavy atom. The predicted molar refractivity (Wildman–Crippen MR) is 165 cm³/mol. The molecule has 0 spiro atoms. The van der Waals surface area contributed by atoms with E-state index in [1.165, 1.54) is 0 Å². The average molecular weight is 533 g/mol. The average Bonchev–Trinajstić information content (AvgIpc) is 3.44. The Labute approximate surface area is 239 Å². The Balaban J connectivity index is 1.65. The number of carbonyl (C=O) groups excluding carboxylic acids is 2. The molecule has 4 nitrogen and oxygen atoms in total. The Hall–Kier alpha value is -5.22. The second-order valence-corrected chi connectivity index (χ2v) is 10.7. The summed E-state index contributed by atoms with van der Waals surface area (Å²) in [6.45, 7) is 2.05. The van der Waals surface area contributed by atoms with Crippen LogP contribution in [0.2, 0.25) is 0 Å². The molecule has 1 aliphatic carbocycles. The van der Waals surface area contributed by atoms with E-state index in [0.29, 0.717) is 16.7 Å². The Morgan fingerprint density at radius 1 is 0.659 bits per heavy atom. The summed E-state index contributed by atoms with van der Waals surface area (Å²) in [5.74, 6) is -0.386. The lowest BCUT2D eigenvalue weighted by atomic mass is 9.73. The maximum absolute atomic E-state index is 15.0. The molecule has 1 amide bonds. The summed E-state index contributed by atoms with van der Waals surface area (Å²) in [6.07, 6.45) is 0. The monoisotopic (exact) mass is 532 g/mol. The van der Waals surface area contributed by atoms with E-state index < -0.39 is 5.54 Å². The SMILES string of the molecule is Cc1ccc(NC2(/C(C(=O)c3ccccc3)=C3\C(=O)N(C)c4ccccc43)c3ccccc3-c3ccccc32)cc1. The summed E-state index contributed by atoms with van der Waals surface area (Å²) in [4.78, 5) is 30.9. The third-order valence-electron chi connectivity index (χ3n) is 8.28. The molecule has 5 aromatic rings. The zero-order chi connectivity index (χ0) is 28.1. The molecular weight excluding hydrogens is 504 g/mol. The highest BCUT2D eigenvalue weighted by Gasteiger charge is 2.52. The van der Waals surface area contributed by atoms with Gasteiger partial charge in [0.1, 0.15) is 5.54 Å². The van der Waals surface area contributed by atoms with Gasteiger partial charge < -0.3 is 10.2 Å². The van der Waals surface area contributed by atoms with E-state index in [9.17, 15) is 9.59 Å². The van der Waals surface area contributed by atoms with Gasteiger partial charge in [-0.2, -0.15) is 0 Å². The molecule has 1 heterocycles. The molecule has 0 aromatic heterocycles. The van der Waals surface area contributed by atoms with E-state index in [4.69, 9.17) is 0 Å². The third kappa shape index (κ3) is 3.68. The molecule has 4 heteroatoms. The standard InChI is InChI=1S/C37H28N2O2/c1-24-20-22-26(23-21-24)38-37(30-17-9-6-14-27(30)28-15-7-10-18-31(28)37)34(35(40)25-12-4-3-5-13-25)33-29-16-8-11-19-32(29)39(2)36(33)41/h3-23,38H,1-2H3/b34-33-. The summed E-state index contributed by atoms with van der Waals surface area (Å²) in [5, 5.41) is 3.84. The minimum absolute atomic E-state index is 0.190. The normalized spacial score (nSPS) is 15.7. The van der Waals surface area contributed by atoms with Crippen LogP contribution in [0.3, 0.4) is 0 Å². The van der Waals surface area contributed by atoms with Gasteiger partial charge in [-0.1, -0.05) is 115 Å². The smallest absolute Gasteiger partial charge is 0.259 e. The molecule has 0 bridgehead atoms. The molecule has 0 atom stereocenters. The summed E-state index contributed by atoms with van der Waals surface area (Å²) in [7, 11) is 1.77. The van der Waals surface area contributed by atoms with Crippen molar-refractivity contribution in [3.8, 4) is 11.1 Å². The van der Waals surface area contributed by atoms with Crippen LogP contribution in [0.4, 0.5) is 11.4 Å². The minimum atomic E-state index is -1.14. The van der Waals surface area contributed by atoms with Gasteiger partial charge in [0.25, 0.3) is 5.91 Å². The fraction of sp³-hybridized carbons (Fsp3) is 0.0811. The third-order valence-corrected chi connectivity index (χ3v) is 8.28. The van der Waals surface area contributed by atoms with Gasteiger partial charge in [-0.05, 0) is 47.4 Å². The maximum Gasteiger partial charge on any atom is 0.259 e. The number of ketones is 1. The van der Waals surface area contributed by atoms with Gasteiger partial charge >= 0.3 is 0 Å². The van der Waals surface area contributed by atoms with E-state index in [1.807, 2.05) is 91.0 Å². The number of nitrogens with zero attached hydrogens (tertiary/aromatic N) is 1. The molecule has 0 saturated heterocycles. The van der Waals surface area contributed by atoms with Crippen LogP contribution in [0.1, 0.15) is 32.6 Å². The minimum Gasteiger partial charge on any atom is -0.368 e. The fourth-order valence-corrected chi connectivity index (χ4v) is 6.37. The number of fused-ring (bicyclic) bond motifs is 4. The Kier molecular flexibility index (Phi) is 5.72. The van der Waals surface area contributed by atoms with Crippen molar-refractivity contribution < 1.29 is 9.59 Å². The van der Waals surface area contributed by atoms with Crippen LogP contribution in [0.15, 0.2) is 133 Å². The van der Waals surface area contributed by atoms with Crippen molar-refractivity contribution in [3.05, 3.63) is 161 Å². The number of para-hydroxylation sites is 1. The first-order valence-electron chi connectivity index (χ1n) is 13.8. The quantitative estimate of drug-likeness (QED) is 0.187. The van der Waals surface area contributed by atoms with Gasteiger partial charge in [0.05, 0.1) is 11.3 Å². The molecule has 5 aromatic carbocycles. The Morgan fingerprint density at radius 2 is 1.20 bits per heavy atom. The number of hydrogen-bond acceptors (Lipinski definition) is 3. The van der Waals surface area contributed by atoms with E-state index in [1.54, 1.807) is 11.9 Å². The van der Waals surface area contributed by atoms with E-state index in [2.05, 4.69) is 48.6 Å². The zero-order valence-electron chi connectivity index (χ0n) is 22.9. The van der Waals surface area contributed by atoms with Crippen LogP contribution in [-0.4, -0.2) is 18.7 Å². The van der Waals surface area contributed by atoms with Gasteiger partial charge in [0.2, 0.25) is 0 Å². The lowest BCUT2D eigenvalue weighted by molar-refractivity contribution is -0.112. The number of benzene rings is 5. The first-order chi connectivity index (χ1) is 20.0. The Bertz CT molecular complexity index is 1820. The van der Waals surface area contributed by atoms with Crippen molar-refractivity contribution in [1.82, 2.24) is 0 Å².